The number of carbonyl (C=O) groups is 1. The van der Waals surface area contributed by atoms with E-state index in [2.05, 4.69) is 5.32 Å². The highest BCUT2D eigenvalue weighted by atomic mass is 35.5. The number of alkyl halides is 1. The topological polar surface area (TPSA) is 49.3 Å². The molecule has 2 N–H and O–H groups in total. The Bertz CT molecular complexity index is 312. The maximum Gasteiger partial charge on any atom is 0.242 e. The van der Waals surface area contributed by atoms with Gasteiger partial charge in [-0.05, 0) is 19.1 Å². The van der Waals surface area contributed by atoms with E-state index in [0.29, 0.717) is 5.69 Å². The average Bonchev–Trinajstić information content (AvgIpc) is 2.08. The van der Waals surface area contributed by atoms with Gasteiger partial charge in [0.2, 0.25) is 5.91 Å². The number of aromatic hydroxyl groups is 1. The number of phenols is 1. The Hall–Kier alpha value is -1.22. The van der Waals surface area contributed by atoms with Crippen molar-refractivity contribution >= 4 is 23.2 Å². The molecular weight excluding hydrogens is 190 g/mol. The second kappa shape index (κ2) is 4.14. The molecule has 4 heteroatoms. The summed E-state index contributed by atoms with van der Waals surface area (Å²) in [5, 5.41) is 11.2. The van der Waals surface area contributed by atoms with Crippen molar-refractivity contribution in [2.75, 3.05) is 5.32 Å². The van der Waals surface area contributed by atoms with Crippen LogP contribution in [-0.4, -0.2) is 16.4 Å². The largest absolute Gasteiger partial charge is 0.506 e. The molecule has 0 aliphatic rings. The number of para-hydroxylation sites is 2. The Morgan fingerprint density at radius 3 is 2.69 bits per heavy atom. The maximum atomic E-state index is 11.1. The fourth-order valence-corrected chi connectivity index (χ4v) is 0.866. The zero-order chi connectivity index (χ0) is 9.84. The lowest BCUT2D eigenvalue weighted by Gasteiger charge is -2.07. The van der Waals surface area contributed by atoms with E-state index in [4.69, 9.17) is 11.6 Å². The molecule has 70 valence electrons. The van der Waals surface area contributed by atoms with Crippen molar-refractivity contribution in [3.8, 4) is 5.75 Å². The lowest BCUT2D eigenvalue weighted by Crippen LogP contribution is -2.20. The summed E-state index contributed by atoms with van der Waals surface area (Å²) in [6.07, 6.45) is 0. The number of anilines is 1. The number of rotatable bonds is 2. The number of benzene rings is 1. The minimum Gasteiger partial charge on any atom is -0.506 e. The predicted octanol–water partition coefficient (Wildman–Crippen LogP) is 1.96. The number of halogens is 1. The number of hydrogen-bond donors (Lipinski definition) is 2. The lowest BCUT2D eigenvalue weighted by molar-refractivity contribution is -0.115. The highest BCUT2D eigenvalue weighted by Crippen LogP contribution is 2.21. The summed E-state index contributed by atoms with van der Waals surface area (Å²) in [6.45, 7) is 1.57. The maximum absolute atomic E-state index is 11.1. The van der Waals surface area contributed by atoms with Crippen LogP contribution in [0.4, 0.5) is 5.69 Å². The average molecular weight is 200 g/mol. The Kier molecular flexibility index (Phi) is 3.14. The Morgan fingerprint density at radius 1 is 1.54 bits per heavy atom. The first-order valence-corrected chi connectivity index (χ1v) is 4.28. The van der Waals surface area contributed by atoms with E-state index in [9.17, 15) is 9.90 Å². The minimum absolute atomic E-state index is 0.0353. The van der Waals surface area contributed by atoms with Gasteiger partial charge in [0.25, 0.3) is 0 Å². The van der Waals surface area contributed by atoms with E-state index in [-0.39, 0.29) is 11.7 Å². The van der Waals surface area contributed by atoms with Gasteiger partial charge in [-0.2, -0.15) is 0 Å². The summed E-state index contributed by atoms with van der Waals surface area (Å²) in [5.41, 5.74) is 0.375. The van der Waals surface area contributed by atoms with Crippen LogP contribution in [0.3, 0.4) is 0 Å². The molecular formula is C9H10ClNO2. The van der Waals surface area contributed by atoms with Crippen molar-refractivity contribution in [1.29, 1.82) is 0 Å². The molecule has 3 nitrogen and oxygen atoms in total. The van der Waals surface area contributed by atoms with Crippen molar-refractivity contribution in [2.24, 2.45) is 0 Å². The summed E-state index contributed by atoms with van der Waals surface area (Å²) in [4.78, 5) is 11.1. The van der Waals surface area contributed by atoms with Crippen molar-refractivity contribution < 1.29 is 9.90 Å². The van der Waals surface area contributed by atoms with Crippen molar-refractivity contribution in [1.82, 2.24) is 0 Å². The van der Waals surface area contributed by atoms with E-state index in [1.807, 2.05) is 0 Å². The van der Waals surface area contributed by atoms with Crippen molar-refractivity contribution in [3.63, 3.8) is 0 Å². The van der Waals surface area contributed by atoms with Crippen LogP contribution in [0.5, 0.6) is 5.75 Å². The van der Waals surface area contributed by atoms with Gasteiger partial charge >= 0.3 is 0 Å². The van der Waals surface area contributed by atoms with Crippen molar-refractivity contribution in [3.05, 3.63) is 24.3 Å². The van der Waals surface area contributed by atoms with E-state index in [1.54, 1.807) is 25.1 Å². The number of amides is 1. The Labute approximate surface area is 81.3 Å². The molecule has 0 saturated carbocycles. The normalized spacial score (nSPS) is 12.2. The highest BCUT2D eigenvalue weighted by Gasteiger charge is 2.10. The van der Waals surface area contributed by atoms with E-state index in [0.717, 1.165) is 0 Å². The SMILES string of the molecule is C[C@@H](Cl)C(=O)Nc1ccccc1O. The van der Waals surface area contributed by atoms with Gasteiger partial charge in [-0.3, -0.25) is 4.79 Å². The standard InChI is InChI=1S/C9H10ClNO2/c1-6(10)9(13)11-7-4-2-3-5-8(7)12/h2-6,12H,1H3,(H,11,13)/t6-/m1/s1. The fraction of sp³-hybridized carbons (Fsp3) is 0.222. The van der Waals surface area contributed by atoms with Crippen LogP contribution in [-0.2, 0) is 4.79 Å². The monoisotopic (exact) mass is 199 g/mol. The predicted molar refractivity (Wildman–Crippen MR) is 52.1 cm³/mol. The number of carbonyl (C=O) groups excluding carboxylic acids is 1. The third-order valence-corrected chi connectivity index (χ3v) is 1.72. The Balaban J connectivity index is 2.75. The van der Waals surface area contributed by atoms with Crippen LogP contribution in [0.2, 0.25) is 0 Å². The van der Waals surface area contributed by atoms with Crippen LogP contribution in [0.1, 0.15) is 6.92 Å². The molecule has 0 unspecified atom stereocenters. The van der Waals surface area contributed by atoms with Crippen LogP contribution >= 0.6 is 11.6 Å². The molecule has 1 amide bonds. The molecule has 0 bridgehead atoms. The molecule has 0 spiro atoms. The minimum atomic E-state index is -0.611. The van der Waals surface area contributed by atoms with Gasteiger partial charge in [-0.15, -0.1) is 11.6 Å². The van der Waals surface area contributed by atoms with Crippen LogP contribution < -0.4 is 5.32 Å². The quantitative estimate of drug-likeness (QED) is 0.565. The number of hydrogen-bond acceptors (Lipinski definition) is 2. The van der Waals surface area contributed by atoms with Gasteiger partial charge in [0.15, 0.2) is 0 Å². The Morgan fingerprint density at radius 2 is 2.15 bits per heavy atom. The van der Waals surface area contributed by atoms with E-state index < -0.39 is 5.38 Å². The lowest BCUT2D eigenvalue weighted by atomic mass is 10.3. The summed E-state index contributed by atoms with van der Waals surface area (Å²) < 4.78 is 0. The summed E-state index contributed by atoms with van der Waals surface area (Å²) >= 11 is 5.54. The zero-order valence-electron chi connectivity index (χ0n) is 7.12. The molecule has 0 aliphatic carbocycles. The molecule has 0 aliphatic heterocycles. The van der Waals surface area contributed by atoms with Gasteiger partial charge in [0.1, 0.15) is 11.1 Å². The van der Waals surface area contributed by atoms with Gasteiger partial charge in [-0.25, -0.2) is 0 Å². The molecule has 0 aromatic heterocycles. The summed E-state index contributed by atoms with van der Waals surface area (Å²) in [6, 6.07) is 6.49. The van der Waals surface area contributed by atoms with Gasteiger partial charge in [0.05, 0.1) is 5.69 Å². The third-order valence-electron chi connectivity index (χ3n) is 1.52. The van der Waals surface area contributed by atoms with E-state index in [1.165, 1.54) is 6.07 Å². The molecule has 0 fully saturated rings. The van der Waals surface area contributed by atoms with Gasteiger partial charge in [-0.1, -0.05) is 12.1 Å². The first-order valence-electron chi connectivity index (χ1n) is 3.84. The fourth-order valence-electron chi connectivity index (χ4n) is 0.812. The number of nitrogens with one attached hydrogen (secondary N) is 1. The van der Waals surface area contributed by atoms with Crippen LogP contribution in [0.15, 0.2) is 24.3 Å². The van der Waals surface area contributed by atoms with E-state index >= 15 is 0 Å². The molecule has 1 aromatic carbocycles. The smallest absolute Gasteiger partial charge is 0.242 e. The molecule has 0 heterocycles. The van der Waals surface area contributed by atoms with Crippen LogP contribution in [0, 0.1) is 0 Å². The third kappa shape index (κ3) is 2.63. The second-order valence-electron chi connectivity index (χ2n) is 2.62. The second-order valence-corrected chi connectivity index (χ2v) is 3.28. The first-order chi connectivity index (χ1) is 6.11. The van der Waals surface area contributed by atoms with Gasteiger partial charge in [0, 0.05) is 0 Å². The summed E-state index contributed by atoms with van der Waals surface area (Å²) in [5.74, 6) is -0.295. The molecule has 0 radical (unpaired) electrons. The summed E-state index contributed by atoms with van der Waals surface area (Å²) in [7, 11) is 0. The highest BCUT2D eigenvalue weighted by molar-refractivity contribution is 6.32. The molecule has 0 saturated heterocycles. The first kappa shape index (κ1) is 9.86. The van der Waals surface area contributed by atoms with Crippen molar-refractivity contribution in [2.45, 2.75) is 12.3 Å². The molecule has 1 atom stereocenters. The number of phenolic OH excluding ortho intramolecular Hbond substituents is 1. The molecule has 1 rings (SSSR count). The molecule has 13 heavy (non-hydrogen) atoms. The van der Waals surface area contributed by atoms with Gasteiger partial charge < -0.3 is 10.4 Å². The molecule has 1 aromatic rings. The zero-order valence-corrected chi connectivity index (χ0v) is 7.88. The van der Waals surface area contributed by atoms with Crippen LogP contribution in [0.25, 0.3) is 0 Å².